The third kappa shape index (κ3) is 2.69. The second-order valence-corrected chi connectivity index (χ2v) is 7.56. The summed E-state index contributed by atoms with van der Waals surface area (Å²) in [6, 6.07) is 7.89. The van der Waals surface area contributed by atoms with E-state index in [1.165, 1.54) is 12.1 Å². The van der Waals surface area contributed by atoms with Crippen molar-refractivity contribution in [2.45, 2.75) is 48.1 Å². The van der Waals surface area contributed by atoms with Gasteiger partial charge in [-0.2, -0.15) is 13.2 Å². The van der Waals surface area contributed by atoms with Crippen LogP contribution in [0.4, 0.5) is 13.2 Å². The summed E-state index contributed by atoms with van der Waals surface area (Å²) < 4.78 is 47.7. The van der Waals surface area contributed by atoms with Gasteiger partial charge in [0.25, 0.3) is 5.17 Å². The minimum atomic E-state index is -4.49. The summed E-state index contributed by atoms with van der Waals surface area (Å²) in [5.74, 6) is 0. The predicted octanol–water partition coefficient (Wildman–Crippen LogP) is 4.70. The summed E-state index contributed by atoms with van der Waals surface area (Å²) >= 11 is 5.85. The van der Waals surface area contributed by atoms with Crippen LogP contribution in [0.15, 0.2) is 30.3 Å². The van der Waals surface area contributed by atoms with Crippen LogP contribution >= 0.6 is 24.0 Å². The molecule has 1 heterocycles. The van der Waals surface area contributed by atoms with Crippen molar-refractivity contribution in [2.24, 2.45) is 0 Å². The molecule has 2 fully saturated rings. The molecule has 0 amide bonds. The fourth-order valence-corrected chi connectivity index (χ4v) is 5.17. The number of thioether (sulfide) groups is 1. The normalized spacial score (nSPS) is 28.0. The molecule has 1 saturated heterocycles. The number of rotatable bonds is 1. The molecule has 120 valence electrons. The first-order valence-electron chi connectivity index (χ1n) is 7.21. The molecule has 1 aliphatic heterocycles. The fraction of sp³-hybridized carbons (Fsp3) is 0.533. The third-order valence-electron chi connectivity index (χ3n) is 4.09. The van der Waals surface area contributed by atoms with E-state index in [4.69, 9.17) is 17.0 Å². The lowest BCUT2D eigenvalue weighted by Gasteiger charge is -2.50. The quantitative estimate of drug-likeness (QED) is 0.743. The first-order chi connectivity index (χ1) is 10.4. The van der Waals surface area contributed by atoms with Gasteiger partial charge in [0.15, 0.2) is 4.93 Å². The number of hydrogen-bond acceptors (Lipinski definition) is 3. The van der Waals surface area contributed by atoms with Crippen molar-refractivity contribution in [3.05, 3.63) is 35.9 Å². The van der Waals surface area contributed by atoms with Gasteiger partial charge in [-0.3, -0.25) is 0 Å². The highest BCUT2D eigenvalue weighted by atomic mass is 32.2. The Labute approximate surface area is 136 Å². The molecule has 0 aromatic heterocycles. The number of ether oxygens (including phenoxy) is 1. The summed E-state index contributed by atoms with van der Waals surface area (Å²) in [7, 11) is 0. The number of thiocarbonyl (C=S) groups is 1. The Morgan fingerprint density at radius 3 is 2.32 bits per heavy atom. The van der Waals surface area contributed by atoms with Crippen LogP contribution in [0.25, 0.3) is 0 Å². The number of halogens is 3. The number of hydrogen-bond donors (Lipinski definition) is 1. The molecule has 1 atom stereocenters. The van der Waals surface area contributed by atoms with Gasteiger partial charge in [0.2, 0.25) is 4.87 Å². The molecular formula is C15H16F3NOS2. The highest BCUT2D eigenvalue weighted by Gasteiger charge is 2.64. The van der Waals surface area contributed by atoms with E-state index in [9.17, 15) is 13.2 Å². The van der Waals surface area contributed by atoms with Crippen LogP contribution in [-0.4, -0.2) is 16.3 Å². The van der Waals surface area contributed by atoms with Crippen molar-refractivity contribution in [3.63, 3.8) is 0 Å². The SMILES string of the molecule is FC(F)(F)C1(c2ccccc2)NC(=S)OC2(CCCCC2)S1. The first-order valence-corrected chi connectivity index (χ1v) is 8.43. The van der Waals surface area contributed by atoms with Gasteiger partial charge in [0.1, 0.15) is 0 Å². The molecule has 2 nitrogen and oxygen atoms in total. The van der Waals surface area contributed by atoms with Gasteiger partial charge >= 0.3 is 6.18 Å². The monoisotopic (exact) mass is 347 g/mol. The van der Waals surface area contributed by atoms with Crippen LogP contribution in [0.5, 0.6) is 0 Å². The molecule has 22 heavy (non-hydrogen) atoms. The van der Waals surface area contributed by atoms with Crippen LogP contribution in [-0.2, 0) is 9.61 Å². The summed E-state index contributed by atoms with van der Waals surface area (Å²) in [5.41, 5.74) is 0.156. The molecule has 1 saturated carbocycles. The minimum absolute atomic E-state index is 0.156. The van der Waals surface area contributed by atoms with E-state index < -0.39 is 16.0 Å². The third-order valence-corrected chi connectivity index (χ3v) is 6.02. The minimum Gasteiger partial charge on any atom is -0.453 e. The summed E-state index contributed by atoms with van der Waals surface area (Å²) in [6.45, 7) is 0. The van der Waals surface area contributed by atoms with E-state index in [1.807, 2.05) is 0 Å². The zero-order chi connectivity index (χ0) is 15.8. The molecule has 1 aromatic carbocycles. The Morgan fingerprint density at radius 1 is 1.09 bits per heavy atom. The maximum atomic E-state index is 14.0. The van der Waals surface area contributed by atoms with E-state index in [0.29, 0.717) is 12.8 Å². The lowest BCUT2D eigenvalue weighted by atomic mass is 9.97. The second kappa shape index (κ2) is 5.60. The Hall–Kier alpha value is -0.950. The Kier molecular flexibility index (Phi) is 4.05. The van der Waals surface area contributed by atoms with Crippen molar-refractivity contribution < 1.29 is 17.9 Å². The van der Waals surface area contributed by atoms with E-state index in [2.05, 4.69) is 5.32 Å². The van der Waals surface area contributed by atoms with Crippen molar-refractivity contribution in [1.29, 1.82) is 0 Å². The van der Waals surface area contributed by atoms with E-state index in [0.717, 1.165) is 31.0 Å². The molecule has 1 unspecified atom stereocenters. The smallest absolute Gasteiger partial charge is 0.425 e. The van der Waals surface area contributed by atoms with E-state index in [1.54, 1.807) is 18.2 Å². The topological polar surface area (TPSA) is 21.3 Å². The standard InChI is InChI=1S/C15H16F3NOS2/c16-15(17,18)14(11-7-3-1-4-8-11)19-12(21)20-13(22-14)9-5-2-6-10-13/h1,3-4,7-8H,2,5-6,9-10H2,(H,19,21). The number of nitrogens with one attached hydrogen (secondary N) is 1. The molecule has 1 spiro atoms. The second-order valence-electron chi connectivity index (χ2n) is 5.63. The zero-order valence-electron chi connectivity index (χ0n) is 11.8. The van der Waals surface area contributed by atoms with Gasteiger partial charge in [-0.25, -0.2) is 0 Å². The summed E-state index contributed by atoms with van der Waals surface area (Å²) in [4.78, 5) is -3.13. The van der Waals surface area contributed by atoms with Crippen LogP contribution in [0.2, 0.25) is 0 Å². The molecule has 1 aromatic rings. The van der Waals surface area contributed by atoms with Crippen LogP contribution < -0.4 is 5.32 Å². The zero-order valence-corrected chi connectivity index (χ0v) is 13.4. The average Bonchev–Trinajstić information content (AvgIpc) is 2.47. The van der Waals surface area contributed by atoms with Crippen LogP contribution in [0.1, 0.15) is 37.7 Å². The molecule has 7 heteroatoms. The van der Waals surface area contributed by atoms with Crippen molar-refractivity contribution in [3.8, 4) is 0 Å². The molecular weight excluding hydrogens is 331 g/mol. The van der Waals surface area contributed by atoms with Crippen molar-refractivity contribution in [2.75, 3.05) is 0 Å². The Balaban J connectivity index is 2.07. The largest absolute Gasteiger partial charge is 0.453 e. The lowest BCUT2D eigenvalue weighted by Crippen LogP contribution is -2.61. The molecule has 0 radical (unpaired) electrons. The van der Waals surface area contributed by atoms with Gasteiger partial charge in [0, 0.05) is 0 Å². The summed E-state index contributed by atoms with van der Waals surface area (Å²) in [5, 5.41) is 2.24. The molecule has 2 aliphatic rings. The number of alkyl halides is 3. The summed E-state index contributed by atoms with van der Waals surface area (Å²) in [6.07, 6.45) is -0.571. The lowest BCUT2D eigenvalue weighted by molar-refractivity contribution is -0.170. The van der Waals surface area contributed by atoms with Crippen LogP contribution in [0, 0.1) is 0 Å². The predicted molar refractivity (Wildman–Crippen MR) is 84.4 cm³/mol. The molecule has 1 N–H and O–H groups in total. The van der Waals surface area contributed by atoms with Crippen molar-refractivity contribution >= 4 is 29.2 Å². The van der Waals surface area contributed by atoms with E-state index in [-0.39, 0.29) is 10.7 Å². The van der Waals surface area contributed by atoms with E-state index >= 15 is 0 Å². The molecule has 3 rings (SSSR count). The number of benzene rings is 1. The molecule has 1 aliphatic carbocycles. The Morgan fingerprint density at radius 2 is 1.73 bits per heavy atom. The highest BCUT2D eigenvalue weighted by molar-refractivity contribution is 8.01. The maximum Gasteiger partial charge on any atom is 0.425 e. The van der Waals surface area contributed by atoms with Gasteiger partial charge in [-0.15, -0.1) is 0 Å². The fourth-order valence-electron chi connectivity index (χ4n) is 3.05. The first kappa shape index (κ1) is 15.9. The maximum absolute atomic E-state index is 14.0. The van der Waals surface area contributed by atoms with Crippen LogP contribution in [0.3, 0.4) is 0 Å². The highest BCUT2D eigenvalue weighted by Crippen LogP contribution is 2.58. The van der Waals surface area contributed by atoms with Crippen molar-refractivity contribution in [1.82, 2.24) is 5.32 Å². The van der Waals surface area contributed by atoms with Gasteiger partial charge < -0.3 is 10.1 Å². The van der Waals surface area contributed by atoms with Gasteiger partial charge in [-0.05, 0) is 43.5 Å². The molecule has 0 bridgehead atoms. The Bertz CT molecular complexity index is 558. The average molecular weight is 347 g/mol. The van der Waals surface area contributed by atoms with Gasteiger partial charge in [-0.1, -0.05) is 48.5 Å². The van der Waals surface area contributed by atoms with Gasteiger partial charge in [0.05, 0.1) is 0 Å².